The molecule has 10 heteroatoms. The fraction of sp³-hybridized carbons (Fsp3) is 0.600. The number of benzene rings is 1. The monoisotopic (exact) mass is 400 g/mol. The molecule has 2 N–H and O–H groups in total. The van der Waals surface area contributed by atoms with Gasteiger partial charge in [0.25, 0.3) is 0 Å². The number of hydrogen-bond donors (Lipinski definition) is 1. The van der Waals surface area contributed by atoms with Gasteiger partial charge in [0.1, 0.15) is 5.75 Å². The van der Waals surface area contributed by atoms with Gasteiger partial charge in [-0.25, -0.2) is 8.42 Å². The van der Waals surface area contributed by atoms with Crippen molar-refractivity contribution in [2.24, 2.45) is 17.6 Å². The molecule has 0 radical (unpaired) electrons. The van der Waals surface area contributed by atoms with E-state index in [1.54, 1.807) is 0 Å². The van der Waals surface area contributed by atoms with Gasteiger partial charge < -0.3 is 10.5 Å². The van der Waals surface area contributed by atoms with Gasteiger partial charge in [-0.15, -0.1) is 25.6 Å². The highest BCUT2D eigenvalue weighted by Crippen LogP contribution is 2.38. The average molecular weight is 401 g/mol. The molecule has 5 nitrogen and oxygen atoms in total. The van der Waals surface area contributed by atoms with Crippen LogP contribution in [0.2, 0.25) is 0 Å². The number of nitrogens with two attached hydrogens (primary N) is 1. The summed E-state index contributed by atoms with van der Waals surface area (Å²) in [6, 6.07) is 4.48. The van der Waals surface area contributed by atoms with Crippen LogP contribution in [0.4, 0.5) is 13.2 Å². The molecule has 2 fully saturated rings. The first-order chi connectivity index (χ1) is 11.2. The lowest BCUT2D eigenvalue weighted by molar-refractivity contribution is -0.274. The maximum atomic E-state index is 12.8. The molecule has 142 valence electrons. The van der Waals surface area contributed by atoms with E-state index in [1.807, 2.05) is 0 Å². The van der Waals surface area contributed by atoms with Crippen LogP contribution < -0.4 is 10.5 Å². The highest BCUT2D eigenvalue weighted by atomic mass is 35.5. The van der Waals surface area contributed by atoms with Crippen molar-refractivity contribution in [3.63, 3.8) is 0 Å². The van der Waals surface area contributed by atoms with E-state index in [1.165, 1.54) is 16.4 Å². The molecule has 1 aliphatic heterocycles. The van der Waals surface area contributed by atoms with E-state index in [-0.39, 0.29) is 35.2 Å². The lowest BCUT2D eigenvalue weighted by atomic mass is 9.78. The molecule has 1 heterocycles. The zero-order valence-electron chi connectivity index (χ0n) is 13.3. The van der Waals surface area contributed by atoms with E-state index in [2.05, 4.69) is 4.74 Å². The second-order valence-corrected chi connectivity index (χ2v) is 8.30. The Hall–Kier alpha value is -1.03. The third kappa shape index (κ3) is 4.39. The van der Waals surface area contributed by atoms with Gasteiger partial charge in [0, 0.05) is 25.2 Å². The lowest BCUT2D eigenvalue weighted by Gasteiger charge is -2.29. The van der Waals surface area contributed by atoms with Crippen molar-refractivity contribution in [3.05, 3.63) is 24.3 Å². The Morgan fingerprint density at radius 2 is 1.92 bits per heavy atom. The predicted molar refractivity (Wildman–Crippen MR) is 87.9 cm³/mol. The third-order valence-corrected chi connectivity index (χ3v) is 6.62. The smallest absolute Gasteiger partial charge is 0.406 e. The first kappa shape index (κ1) is 20.3. The van der Waals surface area contributed by atoms with Crippen molar-refractivity contribution in [3.8, 4) is 5.75 Å². The van der Waals surface area contributed by atoms with Crippen LogP contribution in [0.3, 0.4) is 0 Å². The maximum Gasteiger partial charge on any atom is 0.573 e. The van der Waals surface area contributed by atoms with Crippen LogP contribution in [0.15, 0.2) is 29.2 Å². The molecule has 1 saturated carbocycles. The number of nitrogens with zero attached hydrogens (tertiary/aromatic N) is 1. The first-order valence-corrected chi connectivity index (χ1v) is 9.22. The molecule has 3 unspecified atom stereocenters. The number of alkyl halides is 3. The molecule has 0 bridgehead atoms. The summed E-state index contributed by atoms with van der Waals surface area (Å²) < 4.78 is 67.6. The molecule has 1 aliphatic carbocycles. The van der Waals surface area contributed by atoms with Gasteiger partial charge in [0.15, 0.2) is 0 Å². The normalized spacial score (nSPS) is 27.4. The summed E-state index contributed by atoms with van der Waals surface area (Å²) in [5.41, 5.74) is 6.09. The van der Waals surface area contributed by atoms with E-state index < -0.39 is 22.1 Å². The van der Waals surface area contributed by atoms with E-state index in [4.69, 9.17) is 5.73 Å². The van der Waals surface area contributed by atoms with Gasteiger partial charge in [-0.05, 0) is 36.8 Å². The van der Waals surface area contributed by atoms with Crippen LogP contribution >= 0.6 is 12.4 Å². The molecule has 0 aromatic heterocycles. The summed E-state index contributed by atoms with van der Waals surface area (Å²) in [6.07, 6.45) is -2.07. The molecule has 2 aliphatic rings. The maximum absolute atomic E-state index is 12.8. The summed E-state index contributed by atoms with van der Waals surface area (Å²) in [4.78, 5) is -0.198. The van der Waals surface area contributed by atoms with Crippen molar-refractivity contribution in [1.82, 2.24) is 4.31 Å². The Morgan fingerprint density at radius 1 is 1.20 bits per heavy atom. The molecule has 3 atom stereocenters. The van der Waals surface area contributed by atoms with E-state index in [0.29, 0.717) is 13.1 Å². The van der Waals surface area contributed by atoms with Crippen molar-refractivity contribution < 1.29 is 26.3 Å². The summed E-state index contributed by atoms with van der Waals surface area (Å²) in [5.74, 6) is -0.210. The molecule has 0 amide bonds. The van der Waals surface area contributed by atoms with Crippen LogP contribution in [0.5, 0.6) is 5.75 Å². The Balaban J connectivity index is 0.00000225. The number of ether oxygens (including phenoxy) is 1. The fourth-order valence-corrected chi connectivity index (χ4v) is 5.22. The highest BCUT2D eigenvalue weighted by Gasteiger charge is 2.43. The summed E-state index contributed by atoms with van der Waals surface area (Å²) >= 11 is 0. The minimum atomic E-state index is -4.86. The quantitative estimate of drug-likeness (QED) is 0.846. The Morgan fingerprint density at radius 3 is 2.56 bits per heavy atom. The molecule has 1 aromatic rings. The molecule has 1 saturated heterocycles. The second kappa shape index (κ2) is 7.30. The molecular formula is C15H20ClF3N2O3S. The van der Waals surface area contributed by atoms with E-state index in [0.717, 1.165) is 31.4 Å². The van der Waals surface area contributed by atoms with Gasteiger partial charge >= 0.3 is 6.36 Å². The SMILES string of the molecule is Cl.NC1CCCC2CN(S(=O)(=O)c3cccc(OC(F)(F)F)c3)CC12. The molecule has 0 spiro atoms. The topological polar surface area (TPSA) is 72.6 Å². The number of sulfonamides is 1. The Kier molecular flexibility index (Phi) is 5.92. The fourth-order valence-electron chi connectivity index (χ4n) is 3.65. The Labute approximate surface area is 150 Å². The molecular weight excluding hydrogens is 381 g/mol. The van der Waals surface area contributed by atoms with Crippen molar-refractivity contribution in [2.45, 2.75) is 36.6 Å². The van der Waals surface area contributed by atoms with Crippen LogP contribution in [0, 0.1) is 11.8 Å². The van der Waals surface area contributed by atoms with Crippen molar-refractivity contribution >= 4 is 22.4 Å². The van der Waals surface area contributed by atoms with Gasteiger partial charge in [-0.1, -0.05) is 12.5 Å². The largest absolute Gasteiger partial charge is 0.573 e. The standard InChI is InChI=1S/C15H19F3N2O3S.ClH/c16-15(17,18)23-11-4-2-5-12(7-11)24(21,22)20-8-10-3-1-6-14(19)13(10)9-20;/h2,4-5,7,10,13-14H,1,3,6,8-9,19H2;1H. The van der Waals surface area contributed by atoms with Gasteiger partial charge in [-0.2, -0.15) is 4.31 Å². The van der Waals surface area contributed by atoms with Gasteiger partial charge in [0.05, 0.1) is 4.90 Å². The highest BCUT2D eigenvalue weighted by molar-refractivity contribution is 7.89. The molecule has 1 aromatic carbocycles. The second-order valence-electron chi connectivity index (χ2n) is 6.36. The summed E-state index contributed by atoms with van der Waals surface area (Å²) in [5, 5.41) is 0. The van der Waals surface area contributed by atoms with Crippen molar-refractivity contribution in [2.75, 3.05) is 13.1 Å². The minimum absolute atomic E-state index is 0. The van der Waals surface area contributed by atoms with Gasteiger partial charge in [0.2, 0.25) is 10.0 Å². The van der Waals surface area contributed by atoms with Crippen LogP contribution in [-0.2, 0) is 10.0 Å². The first-order valence-electron chi connectivity index (χ1n) is 7.78. The van der Waals surface area contributed by atoms with Crippen LogP contribution in [0.1, 0.15) is 19.3 Å². The summed E-state index contributed by atoms with van der Waals surface area (Å²) in [6.45, 7) is 0.684. The molecule has 3 rings (SSSR count). The predicted octanol–water partition coefficient (Wildman–Crippen LogP) is 2.75. The number of fused-ring (bicyclic) bond motifs is 1. The van der Waals surface area contributed by atoms with E-state index in [9.17, 15) is 21.6 Å². The van der Waals surface area contributed by atoms with E-state index >= 15 is 0 Å². The number of halogens is 4. The van der Waals surface area contributed by atoms with Crippen molar-refractivity contribution in [1.29, 1.82) is 0 Å². The minimum Gasteiger partial charge on any atom is -0.406 e. The zero-order valence-corrected chi connectivity index (χ0v) is 14.9. The third-order valence-electron chi connectivity index (χ3n) is 4.80. The van der Waals surface area contributed by atoms with Gasteiger partial charge in [-0.3, -0.25) is 0 Å². The van der Waals surface area contributed by atoms with Crippen LogP contribution in [0.25, 0.3) is 0 Å². The average Bonchev–Trinajstić information content (AvgIpc) is 2.92. The molecule has 25 heavy (non-hydrogen) atoms. The van der Waals surface area contributed by atoms with Crippen LogP contribution in [-0.4, -0.2) is 38.2 Å². The summed E-state index contributed by atoms with van der Waals surface area (Å²) in [7, 11) is -3.87. The Bertz CT molecular complexity index is 714. The number of hydrogen-bond acceptors (Lipinski definition) is 4. The number of rotatable bonds is 3. The zero-order chi connectivity index (χ0) is 17.5. The lowest BCUT2D eigenvalue weighted by Crippen LogP contribution is -2.38.